The molecule has 0 bridgehead atoms. The van der Waals surface area contributed by atoms with E-state index < -0.39 is 0 Å². The lowest BCUT2D eigenvalue weighted by Gasteiger charge is -2.26. The van der Waals surface area contributed by atoms with E-state index >= 15 is 0 Å². The van der Waals surface area contributed by atoms with Crippen LogP contribution in [0, 0.1) is 0 Å². The first-order chi connectivity index (χ1) is 24.3. The van der Waals surface area contributed by atoms with Crippen molar-refractivity contribution in [1.29, 1.82) is 0 Å². The molecule has 0 amide bonds. The number of rotatable bonds is 5. The summed E-state index contributed by atoms with van der Waals surface area (Å²) >= 11 is 0. The third-order valence-corrected chi connectivity index (χ3v) is 9.47. The SMILES string of the molecule is c1ccc(-c2ccc(N(c3cccc(-c4nc5c6ccccc6c6ccccc6c5o4)c3)c3ccc4oc5ccccc5c4c3)cc2)cc1. The zero-order chi connectivity index (χ0) is 32.3. The molecule has 0 aliphatic rings. The van der Waals surface area contributed by atoms with Gasteiger partial charge >= 0.3 is 0 Å². The van der Waals surface area contributed by atoms with E-state index in [2.05, 4.69) is 157 Å². The lowest BCUT2D eigenvalue weighted by atomic mass is 10.0. The van der Waals surface area contributed by atoms with Crippen molar-refractivity contribution in [3.63, 3.8) is 0 Å². The Kier molecular flexibility index (Phi) is 6.15. The molecule has 0 spiro atoms. The summed E-state index contributed by atoms with van der Waals surface area (Å²) in [4.78, 5) is 7.41. The lowest BCUT2D eigenvalue weighted by molar-refractivity contribution is 0.623. The van der Waals surface area contributed by atoms with Crippen molar-refractivity contribution in [3.8, 4) is 22.6 Å². The summed E-state index contributed by atoms with van der Waals surface area (Å²) in [5, 5.41) is 6.65. The summed E-state index contributed by atoms with van der Waals surface area (Å²) in [5.74, 6) is 0.592. The zero-order valence-corrected chi connectivity index (χ0v) is 26.4. The predicted octanol–water partition coefficient (Wildman–Crippen LogP) is 12.8. The second kappa shape index (κ2) is 11.0. The fourth-order valence-electron chi connectivity index (χ4n) is 7.16. The molecule has 0 aliphatic heterocycles. The number of furan rings is 1. The van der Waals surface area contributed by atoms with Gasteiger partial charge in [-0.15, -0.1) is 0 Å². The van der Waals surface area contributed by atoms with Gasteiger partial charge in [0, 0.05) is 44.2 Å². The summed E-state index contributed by atoms with van der Waals surface area (Å²) in [6.45, 7) is 0. The maximum absolute atomic E-state index is 6.64. The van der Waals surface area contributed by atoms with Crippen LogP contribution in [-0.2, 0) is 0 Å². The monoisotopic (exact) mass is 628 g/mol. The largest absolute Gasteiger partial charge is 0.456 e. The minimum atomic E-state index is 0.592. The highest BCUT2D eigenvalue weighted by Gasteiger charge is 2.19. The molecule has 0 radical (unpaired) electrons. The van der Waals surface area contributed by atoms with E-state index in [-0.39, 0.29) is 0 Å². The maximum atomic E-state index is 6.64. The molecular weight excluding hydrogens is 601 g/mol. The Balaban J connectivity index is 1.15. The van der Waals surface area contributed by atoms with Crippen LogP contribution in [0.5, 0.6) is 0 Å². The van der Waals surface area contributed by atoms with Crippen LogP contribution in [0.1, 0.15) is 0 Å². The zero-order valence-electron chi connectivity index (χ0n) is 26.4. The van der Waals surface area contributed by atoms with Crippen molar-refractivity contribution in [2.75, 3.05) is 4.90 Å². The van der Waals surface area contributed by atoms with Crippen LogP contribution in [0.25, 0.3) is 77.2 Å². The van der Waals surface area contributed by atoms with E-state index in [1.165, 1.54) is 16.5 Å². The maximum Gasteiger partial charge on any atom is 0.227 e. The first-order valence-electron chi connectivity index (χ1n) is 16.5. The van der Waals surface area contributed by atoms with E-state index in [0.29, 0.717) is 5.89 Å². The van der Waals surface area contributed by atoms with Gasteiger partial charge in [0.1, 0.15) is 16.7 Å². The molecule has 10 aromatic rings. The topological polar surface area (TPSA) is 42.4 Å². The molecule has 49 heavy (non-hydrogen) atoms. The lowest BCUT2D eigenvalue weighted by Crippen LogP contribution is -2.10. The van der Waals surface area contributed by atoms with Crippen LogP contribution < -0.4 is 4.90 Å². The minimum Gasteiger partial charge on any atom is -0.456 e. The van der Waals surface area contributed by atoms with E-state index in [0.717, 1.165) is 71.8 Å². The minimum absolute atomic E-state index is 0.592. The normalized spacial score (nSPS) is 11.7. The summed E-state index contributed by atoms with van der Waals surface area (Å²) < 4.78 is 12.8. The number of hydrogen-bond donors (Lipinski definition) is 0. The Labute approximate surface area is 282 Å². The Morgan fingerprint density at radius 1 is 0.367 bits per heavy atom. The van der Waals surface area contributed by atoms with Gasteiger partial charge < -0.3 is 13.7 Å². The van der Waals surface area contributed by atoms with Gasteiger partial charge in [0.2, 0.25) is 5.89 Å². The van der Waals surface area contributed by atoms with Crippen LogP contribution >= 0.6 is 0 Å². The molecule has 0 N–H and O–H groups in total. The number of para-hydroxylation sites is 1. The number of fused-ring (bicyclic) bond motifs is 9. The van der Waals surface area contributed by atoms with Gasteiger partial charge in [0.05, 0.1) is 0 Å². The predicted molar refractivity (Wildman–Crippen MR) is 202 cm³/mol. The van der Waals surface area contributed by atoms with Crippen molar-refractivity contribution < 1.29 is 8.83 Å². The second-order valence-corrected chi connectivity index (χ2v) is 12.4. The molecule has 0 fully saturated rings. The Morgan fingerprint density at radius 2 is 0.959 bits per heavy atom. The summed E-state index contributed by atoms with van der Waals surface area (Å²) in [7, 11) is 0. The number of hydrogen-bond acceptors (Lipinski definition) is 4. The number of benzene rings is 8. The first kappa shape index (κ1) is 27.5. The van der Waals surface area contributed by atoms with Crippen molar-refractivity contribution in [1.82, 2.24) is 4.98 Å². The van der Waals surface area contributed by atoms with Crippen molar-refractivity contribution in [3.05, 3.63) is 170 Å². The molecule has 230 valence electrons. The van der Waals surface area contributed by atoms with E-state index in [1.807, 2.05) is 18.2 Å². The fraction of sp³-hybridized carbons (Fsp3) is 0. The van der Waals surface area contributed by atoms with Gasteiger partial charge in [-0.05, 0) is 76.5 Å². The summed E-state index contributed by atoms with van der Waals surface area (Å²) in [5.41, 5.74) is 9.75. The molecule has 0 saturated heterocycles. The van der Waals surface area contributed by atoms with Crippen molar-refractivity contribution in [2.45, 2.75) is 0 Å². The standard InChI is InChI=1S/C45H28N2O2/c1-2-11-29(12-3-1)30-21-23-32(24-22-30)47(34-25-26-42-40(28-34)37-17-8-9-20-41(37)48-42)33-14-10-13-31(27-33)45-46-43-38-18-6-4-15-35(38)36-16-5-7-19-39(36)44(43)49-45/h1-28H. The van der Waals surface area contributed by atoms with Gasteiger partial charge in [-0.1, -0.05) is 115 Å². The highest BCUT2D eigenvalue weighted by molar-refractivity contribution is 6.22. The number of anilines is 3. The second-order valence-electron chi connectivity index (χ2n) is 12.4. The van der Waals surface area contributed by atoms with Crippen LogP contribution in [0.3, 0.4) is 0 Å². The fourth-order valence-corrected chi connectivity index (χ4v) is 7.16. The molecule has 4 nitrogen and oxygen atoms in total. The highest BCUT2D eigenvalue weighted by Crippen LogP contribution is 2.42. The molecule has 0 aliphatic carbocycles. The average Bonchev–Trinajstić information content (AvgIpc) is 3.79. The molecule has 0 atom stereocenters. The average molecular weight is 629 g/mol. The Bertz CT molecular complexity index is 2760. The third-order valence-electron chi connectivity index (χ3n) is 9.47. The molecular formula is C45H28N2O2. The molecule has 10 rings (SSSR count). The Morgan fingerprint density at radius 3 is 1.78 bits per heavy atom. The first-order valence-corrected chi connectivity index (χ1v) is 16.5. The van der Waals surface area contributed by atoms with Crippen LogP contribution in [-0.4, -0.2) is 4.98 Å². The van der Waals surface area contributed by atoms with Gasteiger partial charge in [0.15, 0.2) is 5.58 Å². The van der Waals surface area contributed by atoms with Gasteiger partial charge in [-0.25, -0.2) is 4.98 Å². The molecule has 4 heteroatoms. The van der Waals surface area contributed by atoms with E-state index in [4.69, 9.17) is 13.8 Å². The number of aromatic nitrogens is 1. The molecule has 2 heterocycles. The van der Waals surface area contributed by atoms with Crippen LogP contribution in [0.4, 0.5) is 17.1 Å². The van der Waals surface area contributed by atoms with Gasteiger partial charge in [-0.2, -0.15) is 0 Å². The molecule has 8 aromatic carbocycles. The molecule has 2 aromatic heterocycles. The van der Waals surface area contributed by atoms with Crippen LogP contribution in [0.2, 0.25) is 0 Å². The highest BCUT2D eigenvalue weighted by atomic mass is 16.3. The molecule has 0 unspecified atom stereocenters. The molecule has 0 saturated carbocycles. The summed E-state index contributed by atoms with van der Waals surface area (Å²) in [6.07, 6.45) is 0. The van der Waals surface area contributed by atoms with Crippen LogP contribution in [0.15, 0.2) is 179 Å². The van der Waals surface area contributed by atoms with Crippen molar-refractivity contribution in [2.24, 2.45) is 0 Å². The van der Waals surface area contributed by atoms with Gasteiger partial charge in [0.25, 0.3) is 0 Å². The van der Waals surface area contributed by atoms with Gasteiger partial charge in [-0.3, -0.25) is 0 Å². The van der Waals surface area contributed by atoms with E-state index in [9.17, 15) is 0 Å². The third kappa shape index (κ3) is 4.49. The Hall–Kier alpha value is -6.65. The quantitative estimate of drug-likeness (QED) is 0.178. The smallest absolute Gasteiger partial charge is 0.227 e. The number of nitrogens with zero attached hydrogens (tertiary/aromatic N) is 2. The van der Waals surface area contributed by atoms with Crippen molar-refractivity contribution >= 4 is 71.6 Å². The van der Waals surface area contributed by atoms with E-state index in [1.54, 1.807) is 0 Å². The number of oxazole rings is 1. The summed E-state index contributed by atoms with van der Waals surface area (Å²) in [6, 6.07) is 59.1.